The predicted molar refractivity (Wildman–Crippen MR) is 60.3 cm³/mol. The van der Waals surface area contributed by atoms with Gasteiger partial charge in [0, 0.05) is 12.1 Å². The Balaban J connectivity index is 2.22. The fraction of sp³-hybridized carbons (Fsp3) is 0.667. The van der Waals surface area contributed by atoms with Crippen molar-refractivity contribution in [1.82, 2.24) is 10.2 Å². The van der Waals surface area contributed by atoms with Crippen LogP contribution in [0.15, 0.2) is 23.8 Å². The molecule has 0 aromatic heterocycles. The van der Waals surface area contributed by atoms with Gasteiger partial charge in [-0.1, -0.05) is 23.8 Å². The molecule has 0 aromatic rings. The molecule has 2 unspecified atom stereocenters. The maximum absolute atomic E-state index is 3.60. The molecule has 0 radical (unpaired) electrons. The second-order valence-corrected chi connectivity index (χ2v) is 4.45. The van der Waals surface area contributed by atoms with Gasteiger partial charge in [-0.05, 0) is 39.9 Å². The van der Waals surface area contributed by atoms with Gasteiger partial charge in [-0.15, -0.1) is 0 Å². The van der Waals surface area contributed by atoms with E-state index in [9.17, 15) is 0 Å². The zero-order chi connectivity index (χ0) is 9.97. The van der Waals surface area contributed by atoms with Gasteiger partial charge in [0.25, 0.3) is 0 Å². The van der Waals surface area contributed by atoms with Gasteiger partial charge >= 0.3 is 0 Å². The molecule has 1 N–H and O–H groups in total. The smallest absolute Gasteiger partial charge is 0.0467 e. The van der Waals surface area contributed by atoms with E-state index in [1.807, 2.05) is 0 Å². The summed E-state index contributed by atoms with van der Waals surface area (Å²) in [7, 11) is 2.23. The Hall–Kier alpha value is -0.600. The molecule has 78 valence electrons. The Kier molecular flexibility index (Phi) is 3.04. The Morgan fingerprint density at radius 2 is 2.36 bits per heavy atom. The lowest BCUT2D eigenvalue weighted by Crippen LogP contribution is -2.43. The molecule has 1 heterocycles. The molecular formula is C12H20N2. The van der Waals surface area contributed by atoms with Gasteiger partial charge in [-0.3, -0.25) is 4.90 Å². The molecule has 1 aliphatic carbocycles. The molecule has 2 nitrogen and oxygen atoms in total. The third kappa shape index (κ3) is 2.07. The van der Waals surface area contributed by atoms with Gasteiger partial charge in [0.15, 0.2) is 0 Å². The van der Waals surface area contributed by atoms with Gasteiger partial charge < -0.3 is 5.32 Å². The largest absolute Gasteiger partial charge is 0.309 e. The Morgan fingerprint density at radius 3 is 3.21 bits per heavy atom. The summed E-state index contributed by atoms with van der Waals surface area (Å²) in [5.74, 6) is 0. The highest BCUT2D eigenvalue weighted by molar-refractivity contribution is 5.19. The van der Waals surface area contributed by atoms with E-state index in [1.54, 1.807) is 0 Å². The summed E-state index contributed by atoms with van der Waals surface area (Å²) in [5, 5.41) is 3.60. The first-order valence-electron chi connectivity index (χ1n) is 5.55. The highest BCUT2D eigenvalue weighted by Gasteiger charge is 2.24. The van der Waals surface area contributed by atoms with Crippen LogP contribution in [0.1, 0.15) is 19.8 Å². The van der Waals surface area contributed by atoms with Crippen LogP contribution in [0.2, 0.25) is 0 Å². The van der Waals surface area contributed by atoms with E-state index in [2.05, 4.69) is 42.4 Å². The second kappa shape index (κ2) is 4.28. The van der Waals surface area contributed by atoms with Crippen LogP contribution in [0, 0.1) is 0 Å². The van der Waals surface area contributed by atoms with Gasteiger partial charge in [-0.2, -0.15) is 0 Å². The van der Waals surface area contributed by atoms with Crippen LogP contribution in [0.5, 0.6) is 0 Å². The van der Waals surface area contributed by atoms with Crippen LogP contribution in [0.25, 0.3) is 0 Å². The predicted octanol–water partition coefficient (Wildman–Crippen LogP) is 1.55. The lowest BCUT2D eigenvalue weighted by atomic mass is 10.1. The van der Waals surface area contributed by atoms with Crippen molar-refractivity contribution >= 4 is 0 Å². The van der Waals surface area contributed by atoms with Crippen molar-refractivity contribution in [2.75, 3.05) is 20.1 Å². The third-order valence-corrected chi connectivity index (χ3v) is 3.18. The fourth-order valence-electron chi connectivity index (χ4n) is 2.31. The molecular weight excluding hydrogens is 172 g/mol. The lowest BCUT2D eigenvalue weighted by Gasteiger charge is -2.27. The van der Waals surface area contributed by atoms with Crippen molar-refractivity contribution < 1.29 is 0 Å². The SMILES string of the molecule is CC1=CC2C(C=CC1)NCCCN2C. The zero-order valence-corrected chi connectivity index (χ0v) is 9.16. The van der Waals surface area contributed by atoms with E-state index in [1.165, 1.54) is 18.5 Å². The average molecular weight is 192 g/mol. The van der Waals surface area contributed by atoms with Crippen LogP contribution >= 0.6 is 0 Å². The van der Waals surface area contributed by atoms with E-state index in [4.69, 9.17) is 0 Å². The summed E-state index contributed by atoms with van der Waals surface area (Å²) in [4.78, 5) is 2.46. The summed E-state index contributed by atoms with van der Waals surface area (Å²) < 4.78 is 0. The molecule has 2 atom stereocenters. The zero-order valence-electron chi connectivity index (χ0n) is 9.16. The van der Waals surface area contributed by atoms with Crippen LogP contribution in [-0.2, 0) is 0 Å². The first-order chi connectivity index (χ1) is 6.77. The number of hydrogen-bond acceptors (Lipinski definition) is 2. The van der Waals surface area contributed by atoms with E-state index in [-0.39, 0.29) is 0 Å². The van der Waals surface area contributed by atoms with E-state index < -0.39 is 0 Å². The molecule has 0 bridgehead atoms. The van der Waals surface area contributed by atoms with Crippen molar-refractivity contribution in [2.24, 2.45) is 0 Å². The lowest BCUT2D eigenvalue weighted by molar-refractivity contribution is 0.278. The number of fused-ring (bicyclic) bond motifs is 1. The van der Waals surface area contributed by atoms with E-state index in [0.717, 1.165) is 13.0 Å². The van der Waals surface area contributed by atoms with Crippen LogP contribution in [0.4, 0.5) is 0 Å². The minimum Gasteiger partial charge on any atom is -0.309 e. The summed E-state index contributed by atoms with van der Waals surface area (Å²) in [6, 6.07) is 1.07. The fourth-order valence-corrected chi connectivity index (χ4v) is 2.31. The number of hydrogen-bond donors (Lipinski definition) is 1. The van der Waals surface area contributed by atoms with E-state index in [0.29, 0.717) is 12.1 Å². The van der Waals surface area contributed by atoms with Crippen molar-refractivity contribution in [3.05, 3.63) is 23.8 Å². The van der Waals surface area contributed by atoms with Crippen molar-refractivity contribution in [3.8, 4) is 0 Å². The summed E-state index contributed by atoms with van der Waals surface area (Å²) in [6.45, 7) is 4.57. The topological polar surface area (TPSA) is 15.3 Å². The molecule has 2 rings (SSSR count). The highest BCUT2D eigenvalue weighted by atomic mass is 15.2. The average Bonchev–Trinajstić information content (AvgIpc) is 2.42. The number of nitrogens with zero attached hydrogens (tertiary/aromatic N) is 1. The first kappa shape index (κ1) is 9.94. The van der Waals surface area contributed by atoms with Gasteiger partial charge in [0.05, 0.1) is 0 Å². The number of likely N-dealkylation sites (N-methyl/N-ethyl adjacent to an activating group) is 1. The molecule has 2 heteroatoms. The molecule has 0 saturated carbocycles. The molecule has 14 heavy (non-hydrogen) atoms. The number of nitrogens with one attached hydrogen (secondary N) is 1. The minimum absolute atomic E-state index is 0.514. The van der Waals surface area contributed by atoms with Crippen molar-refractivity contribution in [3.63, 3.8) is 0 Å². The van der Waals surface area contributed by atoms with Gasteiger partial charge in [0.2, 0.25) is 0 Å². The van der Waals surface area contributed by atoms with Crippen molar-refractivity contribution in [2.45, 2.75) is 31.8 Å². The van der Waals surface area contributed by atoms with E-state index >= 15 is 0 Å². The molecule has 1 aliphatic heterocycles. The first-order valence-corrected chi connectivity index (χ1v) is 5.55. The Labute approximate surface area is 86.7 Å². The Bertz CT molecular complexity index is 255. The quantitative estimate of drug-likeness (QED) is 0.586. The monoisotopic (exact) mass is 192 g/mol. The summed E-state index contributed by atoms with van der Waals surface area (Å²) >= 11 is 0. The molecule has 1 fully saturated rings. The Morgan fingerprint density at radius 1 is 1.50 bits per heavy atom. The molecule has 0 aromatic carbocycles. The van der Waals surface area contributed by atoms with Crippen molar-refractivity contribution in [1.29, 1.82) is 0 Å². The third-order valence-electron chi connectivity index (χ3n) is 3.18. The maximum atomic E-state index is 3.60. The highest BCUT2D eigenvalue weighted by Crippen LogP contribution is 2.17. The second-order valence-electron chi connectivity index (χ2n) is 4.45. The minimum atomic E-state index is 0.514. The normalized spacial score (nSPS) is 34.3. The number of allylic oxidation sites excluding steroid dienone is 2. The summed E-state index contributed by atoms with van der Waals surface area (Å²) in [5.41, 5.74) is 1.49. The molecule has 0 spiro atoms. The number of rotatable bonds is 0. The maximum Gasteiger partial charge on any atom is 0.0467 e. The van der Waals surface area contributed by atoms with Crippen LogP contribution in [-0.4, -0.2) is 37.1 Å². The van der Waals surface area contributed by atoms with Gasteiger partial charge in [-0.25, -0.2) is 0 Å². The molecule has 1 saturated heterocycles. The van der Waals surface area contributed by atoms with Crippen LogP contribution in [0.3, 0.4) is 0 Å². The van der Waals surface area contributed by atoms with Crippen LogP contribution < -0.4 is 5.32 Å². The molecule has 0 amide bonds. The summed E-state index contributed by atoms with van der Waals surface area (Å²) in [6.07, 6.45) is 9.41. The van der Waals surface area contributed by atoms with Gasteiger partial charge in [0.1, 0.15) is 0 Å². The standard InChI is InChI=1S/C12H20N2/c1-10-5-3-6-11-12(9-10)14(2)8-4-7-13-11/h3,6,9,11-13H,4-5,7-8H2,1-2H3. The molecule has 2 aliphatic rings.